The van der Waals surface area contributed by atoms with Gasteiger partial charge in [0.05, 0.1) is 13.7 Å². The number of para-hydroxylation sites is 1. The molecule has 180 valence electrons. The number of rotatable bonds is 12. The maximum Gasteiger partial charge on any atom is 0.243 e. The van der Waals surface area contributed by atoms with Gasteiger partial charge in [-0.15, -0.1) is 11.3 Å². The maximum atomic E-state index is 13.1. The molecule has 0 fully saturated rings. The zero-order valence-corrected chi connectivity index (χ0v) is 20.4. The Bertz CT molecular complexity index is 1200. The number of carbonyl (C=O) groups excluding carboxylic acids is 1. The van der Waals surface area contributed by atoms with E-state index in [1.54, 1.807) is 30.7 Å². The molecule has 7 nitrogen and oxygen atoms in total. The molecule has 1 atom stereocenters. The number of benzene rings is 2. The Morgan fingerprint density at radius 2 is 1.86 bits per heavy atom. The summed E-state index contributed by atoms with van der Waals surface area (Å²) >= 11 is 1.62. The molecule has 0 saturated carbocycles. The lowest BCUT2D eigenvalue weighted by Crippen LogP contribution is -2.41. The van der Waals surface area contributed by atoms with Crippen LogP contribution in [0.5, 0.6) is 5.75 Å². The van der Waals surface area contributed by atoms with Crippen molar-refractivity contribution >= 4 is 29.0 Å². The Hall–Kier alpha value is -3.91. The fourth-order valence-electron chi connectivity index (χ4n) is 3.69. The maximum absolute atomic E-state index is 13.1. The minimum Gasteiger partial charge on any atom is -0.496 e. The molecule has 35 heavy (non-hydrogen) atoms. The number of hydrogen-bond acceptors (Lipinski definition) is 7. The van der Waals surface area contributed by atoms with Crippen LogP contribution in [0.3, 0.4) is 0 Å². The number of nitrogens with one attached hydrogen (secondary N) is 3. The van der Waals surface area contributed by atoms with E-state index in [0.717, 1.165) is 28.2 Å². The van der Waals surface area contributed by atoms with E-state index in [1.165, 1.54) is 0 Å². The number of carbonyl (C=O) groups is 1. The fraction of sp³-hybridized carbons (Fsp3) is 0.222. The molecule has 0 radical (unpaired) electrons. The first-order chi connectivity index (χ1) is 17.2. The Labute approximate surface area is 209 Å². The number of anilines is 2. The summed E-state index contributed by atoms with van der Waals surface area (Å²) in [6.45, 7) is 1.15. The van der Waals surface area contributed by atoms with Gasteiger partial charge in [-0.05, 0) is 41.1 Å². The van der Waals surface area contributed by atoms with Gasteiger partial charge in [0.25, 0.3) is 0 Å². The molecule has 4 rings (SSSR count). The lowest BCUT2D eigenvalue weighted by atomic mass is 10.1. The highest BCUT2D eigenvalue weighted by atomic mass is 32.1. The van der Waals surface area contributed by atoms with E-state index in [9.17, 15) is 4.79 Å². The van der Waals surface area contributed by atoms with Crippen molar-refractivity contribution in [2.45, 2.75) is 25.4 Å². The molecular weight excluding hydrogens is 458 g/mol. The third kappa shape index (κ3) is 7.28. The molecule has 8 heteroatoms. The van der Waals surface area contributed by atoms with Crippen LogP contribution in [0.2, 0.25) is 0 Å². The lowest BCUT2D eigenvalue weighted by molar-refractivity contribution is -0.122. The Morgan fingerprint density at radius 1 is 1.03 bits per heavy atom. The summed E-state index contributed by atoms with van der Waals surface area (Å²) in [6.07, 6.45) is 2.99. The van der Waals surface area contributed by atoms with E-state index >= 15 is 0 Å². The molecule has 0 aliphatic heterocycles. The van der Waals surface area contributed by atoms with Crippen molar-refractivity contribution in [2.75, 3.05) is 24.3 Å². The molecule has 2 aromatic heterocycles. The van der Waals surface area contributed by atoms with Crippen LogP contribution in [0, 0.1) is 0 Å². The average molecular weight is 488 g/mol. The normalized spacial score (nSPS) is 11.5. The number of ether oxygens (including phenoxy) is 1. The van der Waals surface area contributed by atoms with Gasteiger partial charge in [0.1, 0.15) is 17.6 Å². The summed E-state index contributed by atoms with van der Waals surface area (Å²) in [6, 6.07) is 23.2. The average Bonchev–Trinajstić information content (AvgIpc) is 3.42. The van der Waals surface area contributed by atoms with E-state index in [4.69, 9.17) is 4.74 Å². The largest absolute Gasteiger partial charge is 0.496 e. The van der Waals surface area contributed by atoms with Gasteiger partial charge in [-0.2, -0.15) is 4.98 Å². The number of nitrogens with zero attached hydrogens (tertiary/aromatic N) is 2. The van der Waals surface area contributed by atoms with E-state index < -0.39 is 6.04 Å². The van der Waals surface area contributed by atoms with Crippen LogP contribution in [0.15, 0.2) is 84.4 Å². The van der Waals surface area contributed by atoms with Crippen LogP contribution in [0.1, 0.15) is 16.0 Å². The van der Waals surface area contributed by atoms with E-state index in [-0.39, 0.29) is 5.91 Å². The molecule has 2 aromatic carbocycles. The first kappa shape index (κ1) is 24.2. The fourth-order valence-corrected chi connectivity index (χ4v) is 4.34. The second-order valence-corrected chi connectivity index (χ2v) is 8.97. The van der Waals surface area contributed by atoms with E-state index in [1.807, 2.05) is 72.1 Å². The SMILES string of the molecule is COc1ccccc1CCNc1nccc(N[C@@H](Cc2ccccc2)C(=O)NCc2cccs2)n1. The van der Waals surface area contributed by atoms with Gasteiger partial charge in [-0.3, -0.25) is 4.79 Å². The van der Waals surface area contributed by atoms with Gasteiger partial charge in [0.15, 0.2) is 0 Å². The van der Waals surface area contributed by atoms with Gasteiger partial charge in [-0.1, -0.05) is 54.6 Å². The van der Waals surface area contributed by atoms with Crippen LogP contribution in [-0.4, -0.2) is 35.6 Å². The molecule has 4 aromatic rings. The van der Waals surface area contributed by atoms with E-state index in [2.05, 4.69) is 25.9 Å². The zero-order valence-electron chi connectivity index (χ0n) is 19.6. The van der Waals surface area contributed by atoms with Crippen molar-refractivity contribution in [3.8, 4) is 5.75 Å². The highest BCUT2D eigenvalue weighted by Crippen LogP contribution is 2.18. The molecule has 0 bridgehead atoms. The smallest absolute Gasteiger partial charge is 0.243 e. The second kappa shape index (κ2) is 12.5. The van der Waals surface area contributed by atoms with Crippen molar-refractivity contribution in [1.82, 2.24) is 15.3 Å². The summed E-state index contributed by atoms with van der Waals surface area (Å²) in [5.41, 5.74) is 2.18. The van der Waals surface area contributed by atoms with Gasteiger partial charge in [0, 0.05) is 24.0 Å². The van der Waals surface area contributed by atoms with Crippen molar-refractivity contribution in [1.29, 1.82) is 0 Å². The summed E-state index contributed by atoms with van der Waals surface area (Å²) in [4.78, 5) is 23.1. The highest BCUT2D eigenvalue weighted by molar-refractivity contribution is 7.09. The van der Waals surface area contributed by atoms with Crippen LogP contribution in [0.25, 0.3) is 0 Å². The van der Waals surface area contributed by atoms with Gasteiger partial charge >= 0.3 is 0 Å². The summed E-state index contributed by atoms with van der Waals surface area (Å²) in [5.74, 6) is 1.88. The van der Waals surface area contributed by atoms with Crippen LogP contribution in [0.4, 0.5) is 11.8 Å². The predicted molar refractivity (Wildman–Crippen MR) is 141 cm³/mol. The van der Waals surface area contributed by atoms with Crippen LogP contribution >= 0.6 is 11.3 Å². The molecular formula is C27H29N5O2S. The molecule has 2 heterocycles. The lowest BCUT2D eigenvalue weighted by Gasteiger charge is -2.19. The van der Waals surface area contributed by atoms with Crippen molar-refractivity contribution < 1.29 is 9.53 Å². The zero-order chi connectivity index (χ0) is 24.3. The van der Waals surface area contributed by atoms with Crippen molar-refractivity contribution in [2.24, 2.45) is 0 Å². The first-order valence-electron chi connectivity index (χ1n) is 11.5. The van der Waals surface area contributed by atoms with Gasteiger partial charge in [-0.25, -0.2) is 4.98 Å². The molecule has 0 unspecified atom stereocenters. The Balaban J connectivity index is 1.40. The number of aromatic nitrogens is 2. The van der Waals surface area contributed by atoms with Gasteiger partial charge < -0.3 is 20.7 Å². The Kier molecular flexibility index (Phi) is 8.67. The molecule has 0 saturated heterocycles. The van der Waals surface area contributed by atoms with Crippen molar-refractivity contribution in [3.63, 3.8) is 0 Å². The number of methoxy groups -OCH3 is 1. The molecule has 3 N–H and O–H groups in total. The second-order valence-electron chi connectivity index (χ2n) is 7.94. The standard InChI is InChI=1S/C27H29N5O2S/c1-34-24-12-6-5-10-21(24)13-15-28-27-29-16-14-25(32-27)31-23(18-20-8-3-2-4-9-20)26(33)30-19-22-11-7-17-35-22/h2-12,14,16-17,23H,13,15,18-19H2,1H3,(H,30,33)(H2,28,29,31,32)/t23-/m0/s1. The van der Waals surface area contributed by atoms with Crippen LogP contribution < -0.4 is 20.7 Å². The molecule has 0 aliphatic carbocycles. The molecule has 0 spiro atoms. The number of amides is 1. The minimum absolute atomic E-state index is 0.0773. The quantitative estimate of drug-likeness (QED) is 0.272. The highest BCUT2D eigenvalue weighted by Gasteiger charge is 2.20. The topological polar surface area (TPSA) is 88.2 Å². The third-order valence-electron chi connectivity index (χ3n) is 5.46. The summed E-state index contributed by atoms with van der Waals surface area (Å²) < 4.78 is 5.42. The number of thiophene rings is 1. The monoisotopic (exact) mass is 487 g/mol. The number of hydrogen-bond donors (Lipinski definition) is 3. The van der Waals surface area contributed by atoms with Crippen LogP contribution in [-0.2, 0) is 24.2 Å². The Morgan fingerprint density at radius 3 is 2.66 bits per heavy atom. The summed E-state index contributed by atoms with van der Waals surface area (Å²) in [5, 5.41) is 11.6. The first-order valence-corrected chi connectivity index (χ1v) is 12.4. The molecule has 1 amide bonds. The summed E-state index contributed by atoms with van der Waals surface area (Å²) in [7, 11) is 1.67. The molecule has 0 aliphatic rings. The van der Waals surface area contributed by atoms with E-state index in [0.29, 0.717) is 31.3 Å². The third-order valence-corrected chi connectivity index (χ3v) is 6.34. The van der Waals surface area contributed by atoms with Crippen molar-refractivity contribution in [3.05, 3.63) is 100 Å². The predicted octanol–water partition coefficient (Wildman–Crippen LogP) is 4.54. The van der Waals surface area contributed by atoms with Gasteiger partial charge in [0.2, 0.25) is 11.9 Å². The minimum atomic E-state index is -0.478.